The van der Waals surface area contributed by atoms with Crippen LogP contribution in [0.2, 0.25) is 5.02 Å². The van der Waals surface area contributed by atoms with Crippen LogP contribution in [-0.2, 0) is 9.59 Å². The van der Waals surface area contributed by atoms with Gasteiger partial charge in [0.2, 0.25) is 11.8 Å². The number of halogens is 1. The van der Waals surface area contributed by atoms with Gasteiger partial charge in [-0.3, -0.25) is 15.0 Å². The molecule has 0 aliphatic heterocycles. The van der Waals surface area contributed by atoms with E-state index in [0.717, 1.165) is 16.8 Å². The summed E-state index contributed by atoms with van der Waals surface area (Å²) in [5, 5.41) is 5.78. The van der Waals surface area contributed by atoms with Gasteiger partial charge >= 0.3 is 6.03 Å². The second-order valence-electron chi connectivity index (χ2n) is 6.00. The van der Waals surface area contributed by atoms with E-state index in [1.165, 1.54) is 0 Å². The maximum atomic E-state index is 12.0. The van der Waals surface area contributed by atoms with Crippen LogP contribution in [0.25, 0.3) is 0 Å². The quantitative estimate of drug-likeness (QED) is 0.589. The highest BCUT2D eigenvalue weighted by molar-refractivity contribution is 6.30. The number of benzene rings is 2. The van der Waals surface area contributed by atoms with Crippen LogP contribution < -0.4 is 21.5 Å². The molecule has 0 saturated heterocycles. The molecule has 0 spiro atoms. The van der Waals surface area contributed by atoms with Crippen LogP contribution in [0.3, 0.4) is 0 Å². The van der Waals surface area contributed by atoms with Crippen LogP contribution in [0.4, 0.5) is 16.2 Å². The number of hydrogen-bond donors (Lipinski definition) is 4. The van der Waals surface area contributed by atoms with E-state index in [1.54, 1.807) is 24.3 Å². The summed E-state index contributed by atoms with van der Waals surface area (Å²) in [6.45, 7) is 3.83. The molecule has 0 radical (unpaired) electrons. The topological polar surface area (TPSA) is 99.3 Å². The summed E-state index contributed by atoms with van der Waals surface area (Å²) in [4.78, 5) is 35.5. The molecular weight excluding hydrogens is 368 g/mol. The number of carbonyl (C=O) groups is 3. The van der Waals surface area contributed by atoms with Crippen LogP contribution >= 0.6 is 11.6 Å². The molecule has 0 aliphatic rings. The molecule has 7 nitrogen and oxygen atoms in total. The van der Waals surface area contributed by atoms with Crippen molar-refractivity contribution in [1.29, 1.82) is 0 Å². The molecule has 2 rings (SSSR count). The van der Waals surface area contributed by atoms with Gasteiger partial charge in [-0.2, -0.15) is 0 Å². The molecule has 2 aromatic rings. The van der Waals surface area contributed by atoms with Gasteiger partial charge in [-0.15, -0.1) is 0 Å². The van der Waals surface area contributed by atoms with Crippen molar-refractivity contribution in [2.45, 2.75) is 26.7 Å². The van der Waals surface area contributed by atoms with Gasteiger partial charge in [0, 0.05) is 29.2 Å². The Bertz CT molecular complexity index is 855. The number of hydrazine groups is 1. The van der Waals surface area contributed by atoms with Crippen LogP contribution in [0, 0.1) is 13.8 Å². The van der Waals surface area contributed by atoms with Crippen LogP contribution in [0.5, 0.6) is 0 Å². The molecule has 4 amide bonds. The Morgan fingerprint density at radius 2 is 1.63 bits per heavy atom. The van der Waals surface area contributed by atoms with E-state index in [1.807, 2.05) is 32.0 Å². The van der Waals surface area contributed by atoms with Crippen molar-refractivity contribution in [2.24, 2.45) is 0 Å². The smallest absolute Gasteiger partial charge is 0.326 e. The Hall–Kier alpha value is -3.06. The third kappa shape index (κ3) is 6.99. The van der Waals surface area contributed by atoms with Crippen LogP contribution in [0.15, 0.2) is 42.5 Å². The Balaban J connectivity index is 1.71. The highest BCUT2D eigenvalue weighted by Crippen LogP contribution is 2.17. The van der Waals surface area contributed by atoms with Gasteiger partial charge in [-0.1, -0.05) is 29.8 Å². The van der Waals surface area contributed by atoms with E-state index in [2.05, 4.69) is 21.5 Å². The van der Waals surface area contributed by atoms with Crippen LogP contribution in [0.1, 0.15) is 24.0 Å². The van der Waals surface area contributed by atoms with Gasteiger partial charge in [0.05, 0.1) is 0 Å². The zero-order valence-electron chi connectivity index (χ0n) is 15.1. The van der Waals surface area contributed by atoms with Gasteiger partial charge < -0.3 is 10.6 Å². The summed E-state index contributed by atoms with van der Waals surface area (Å²) in [5.74, 6) is -0.755. The summed E-state index contributed by atoms with van der Waals surface area (Å²) in [6, 6.07) is 11.7. The highest BCUT2D eigenvalue weighted by Gasteiger charge is 2.10. The second-order valence-corrected chi connectivity index (χ2v) is 6.44. The minimum absolute atomic E-state index is 0.00317. The minimum Gasteiger partial charge on any atom is -0.326 e. The largest absolute Gasteiger partial charge is 0.337 e. The molecule has 0 aromatic heterocycles. The van der Waals surface area contributed by atoms with Crippen molar-refractivity contribution in [3.63, 3.8) is 0 Å². The fraction of sp³-hybridized carbons (Fsp3) is 0.211. The molecule has 4 N–H and O–H groups in total. The SMILES string of the molecule is Cc1ccc(C)c(NC(=O)CCC(=O)NNC(=O)Nc2cccc(Cl)c2)c1. The number of rotatable bonds is 5. The van der Waals surface area contributed by atoms with E-state index < -0.39 is 11.9 Å². The lowest BCUT2D eigenvalue weighted by Gasteiger charge is -2.10. The minimum atomic E-state index is -0.620. The fourth-order valence-electron chi connectivity index (χ4n) is 2.23. The zero-order valence-corrected chi connectivity index (χ0v) is 15.8. The third-order valence-corrected chi connectivity index (χ3v) is 3.88. The molecular formula is C19H21ClN4O3. The van der Waals surface area contributed by atoms with E-state index in [9.17, 15) is 14.4 Å². The lowest BCUT2D eigenvalue weighted by Crippen LogP contribution is -2.44. The Kier molecular flexibility index (Phi) is 7.19. The average Bonchev–Trinajstić information content (AvgIpc) is 2.61. The molecule has 0 atom stereocenters. The van der Waals surface area contributed by atoms with Crippen molar-refractivity contribution in [3.05, 3.63) is 58.6 Å². The molecule has 0 aliphatic carbocycles. The van der Waals surface area contributed by atoms with Gasteiger partial charge in [0.1, 0.15) is 0 Å². The zero-order chi connectivity index (χ0) is 19.8. The Labute approximate surface area is 162 Å². The number of anilines is 2. The highest BCUT2D eigenvalue weighted by atomic mass is 35.5. The monoisotopic (exact) mass is 388 g/mol. The van der Waals surface area contributed by atoms with E-state index in [0.29, 0.717) is 10.7 Å². The molecule has 142 valence electrons. The molecule has 2 aromatic carbocycles. The molecule has 27 heavy (non-hydrogen) atoms. The first kappa shape index (κ1) is 20.3. The number of hydrogen-bond acceptors (Lipinski definition) is 3. The summed E-state index contributed by atoms with van der Waals surface area (Å²) in [7, 11) is 0. The van der Waals surface area contributed by atoms with Crippen molar-refractivity contribution >= 4 is 40.8 Å². The summed E-state index contributed by atoms with van der Waals surface area (Å²) in [6.07, 6.45) is -0.0645. The molecule has 0 unspecified atom stereocenters. The molecule has 0 saturated carbocycles. The first-order chi connectivity index (χ1) is 12.8. The maximum Gasteiger partial charge on any atom is 0.337 e. The number of amides is 4. The molecule has 0 heterocycles. The standard InChI is InChI=1S/C19H21ClN4O3/c1-12-6-7-13(2)16(10-12)22-17(25)8-9-18(26)23-24-19(27)21-15-5-3-4-14(20)11-15/h3-7,10-11H,8-9H2,1-2H3,(H,22,25)(H,23,26)(H2,21,24,27). The number of urea groups is 1. The third-order valence-electron chi connectivity index (χ3n) is 3.64. The maximum absolute atomic E-state index is 12.0. The number of carbonyl (C=O) groups excluding carboxylic acids is 3. The normalized spacial score (nSPS) is 10.0. The van der Waals surface area contributed by atoms with Gasteiger partial charge in [-0.05, 0) is 49.2 Å². The Morgan fingerprint density at radius 1 is 0.889 bits per heavy atom. The van der Waals surface area contributed by atoms with Gasteiger partial charge in [0.15, 0.2) is 0 Å². The average molecular weight is 389 g/mol. The fourth-order valence-corrected chi connectivity index (χ4v) is 2.42. The second kappa shape index (κ2) is 9.59. The summed E-state index contributed by atoms with van der Waals surface area (Å²) >= 11 is 5.82. The Morgan fingerprint density at radius 3 is 2.37 bits per heavy atom. The first-order valence-electron chi connectivity index (χ1n) is 8.32. The van der Waals surface area contributed by atoms with E-state index in [4.69, 9.17) is 11.6 Å². The molecule has 8 heteroatoms. The van der Waals surface area contributed by atoms with E-state index in [-0.39, 0.29) is 18.7 Å². The van der Waals surface area contributed by atoms with Crippen LogP contribution in [-0.4, -0.2) is 17.8 Å². The number of nitrogens with one attached hydrogen (secondary N) is 4. The van der Waals surface area contributed by atoms with Gasteiger partial charge in [0.25, 0.3) is 0 Å². The number of aryl methyl sites for hydroxylation is 2. The van der Waals surface area contributed by atoms with Crippen molar-refractivity contribution < 1.29 is 14.4 Å². The lowest BCUT2D eigenvalue weighted by molar-refractivity contribution is -0.124. The van der Waals surface area contributed by atoms with Crippen molar-refractivity contribution in [3.8, 4) is 0 Å². The van der Waals surface area contributed by atoms with Crippen molar-refractivity contribution in [1.82, 2.24) is 10.9 Å². The molecule has 0 fully saturated rings. The summed E-state index contributed by atoms with van der Waals surface area (Å²) < 4.78 is 0. The lowest BCUT2D eigenvalue weighted by atomic mass is 10.1. The van der Waals surface area contributed by atoms with Gasteiger partial charge in [-0.25, -0.2) is 10.2 Å². The van der Waals surface area contributed by atoms with E-state index >= 15 is 0 Å². The molecule has 0 bridgehead atoms. The first-order valence-corrected chi connectivity index (χ1v) is 8.70. The predicted octanol–water partition coefficient (Wildman–Crippen LogP) is 3.53. The summed E-state index contributed by atoms with van der Waals surface area (Å²) in [5.41, 5.74) is 7.64. The van der Waals surface area contributed by atoms with Crippen molar-refractivity contribution in [2.75, 3.05) is 10.6 Å². The predicted molar refractivity (Wildman–Crippen MR) is 106 cm³/mol.